The molecule has 8 nitrogen and oxygen atoms in total. The van der Waals surface area contributed by atoms with Crippen molar-refractivity contribution in [2.24, 2.45) is 0 Å². The first-order chi connectivity index (χ1) is 17.5. The number of ether oxygens (including phenoxy) is 1. The van der Waals surface area contributed by atoms with E-state index in [-0.39, 0.29) is 23.4 Å². The molecule has 0 unspecified atom stereocenters. The van der Waals surface area contributed by atoms with Crippen molar-refractivity contribution in [3.05, 3.63) is 111 Å². The first-order valence-electron chi connectivity index (χ1n) is 11.2. The van der Waals surface area contributed by atoms with Crippen LogP contribution >= 0.6 is 11.8 Å². The molecule has 1 fully saturated rings. The second kappa shape index (κ2) is 10.1. The number of carbonyl (C=O) groups excluding carboxylic acids is 2. The Morgan fingerprint density at radius 2 is 1.67 bits per heavy atom. The summed E-state index contributed by atoms with van der Waals surface area (Å²) in [5, 5.41) is 11.5. The van der Waals surface area contributed by atoms with Gasteiger partial charge >= 0.3 is 0 Å². The number of nitrogens with zero attached hydrogens (tertiary/aromatic N) is 3. The summed E-state index contributed by atoms with van der Waals surface area (Å²) in [6.07, 6.45) is 3.71. The van der Waals surface area contributed by atoms with E-state index in [4.69, 9.17) is 4.74 Å². The van der Waals surface area contributed by atoms with E-state index in [0.29, 0.717) is 23.6 Å². The lowest BCUT2D eigenvalue weighted by Gasteiger charge is -2.12. The SMILES string of the molecule is O=C1S/C(=C\c2cn(CCOc3ccccc3)c3ccccc23)C(=O)N1Cc1ccc([N+](=O)[O-])cc1. The fourth-order valence-electron chi connectivity index (χ4n) is 4.04. The van der Waals surface area contributed by atoms with E-state index in [1.807, 2.05) is 60.8 Å². The Kier molecular flexibility index (Phi) is 6.55. The lowest BCUT2D eigenvalue weighted by atomic mass is 10.1. The molecule has 2 heterocycles. The van der Waals surface area contributed by atoms with E-state index in [1.165, 1.54) is 12.1 Å². The molecule has 0 bridgehead atoms. The van der Waals surface area contributed by atoms with Gasteiger partial charge in [0.15, 0.2) is 0 Å². The van der Waals surface area contributed by atoms with Gasteiger partial charge in [0.25, 0.3) is 16.8 Å². The second-order valence-electron chi connectivity index (χ2n) is 8.15. The van der Waals surface area contributed by atoms with Gasteiger partial charge in [-0.1, -0.05) is 48.5 Å². The minimum absolute atomic E-state index is 0.0432. The zero-order chi connectivity index (χ0) is 25.1. The Morgan fingerprint density at radius 3 is 2.42 bits per heavy atom. The number of imide groups is 1. The molecule has 2 amide bonds. The van der Waals surface area contributed by atoms with Crippen molar-refractivity contribution >= 4 is 45.6 Å². The summed E-state index contributed by atoms with van der Waals surface area (Å²) in [6, 6.07) is 23.3. The highest BCUT2D eigenvalue weighted by atomic mass is 32.2. The number of non-ortho nitro benzene ring substituents is 1. The van der Waals surface area contributed by atoms with Gasteiger partial charge in [-0.3, -0.25) is 24.6 Å². The maximum atomic E-state index is 13.1. The van der Waals surface area contributed by atoms with Crippen LogP contribution in [0.5, 0.6) is 5.75 Å². The van der Waals surface area contributed by atoms with Gasteiger partial charge in [0.1, 0.15) is 12.4 Å². The topological polar surface area (TPSA) is 94.7 Å². The molecular weight excluding hydrogens is 478 g/mol. The van der Waals surface area contributed by atoms with E-state index < -0.39 is 4.92 Å². The van der Waals surface area contributed by atoms with Crippen molar-refractivity contribution in [1.82, 2.24) is 9.47 Å². The number of benzene rings is 3. The highest BCUT2D eigenvalue weighted by molar-refractivity contribution is 8.18. The molecule has 36 heavy (non-hydrogen) atoms. The number of amides is 2. The fraction of sp³-hybridized carbons (Fsp3) is 0.111. The fourth-order valence-corrected chi connectivity index (χ4v) is 4.87. The maximum absolute atomic E-state index is 13.1. The lowest BCUT2D eigenvalue weighted by Crippen LogP contribution is -2.27. The van der Waals surface area contributed by atoms with Gasteiger partial charge in [0.05, 0.1) is 22.9 Å². The van der Waals surface area contributed by atoms with Crippen molar-refractivity contribution in [2.45, 2.75) is 13.1 Å². The summed E-state index contributed by atoms with van der Waals surface area (Å²) in [7, 11) is 0. The average molecular weight is 500 g/mol. The Bertz CT molecular complexity index is 1480. The number of hydrogen-bond acceptors (Lipinski definition) is 6. The van der Waals surface area contributed by atoms with Crippen molar-refractivity contribution in [3.63, 3.8) is 0 Å². The number of aromatic nitrogens is 1. The molecule has 5 rings (SSSR count). The van der Waals surface area contributed by atoms with Crippen LogP contribution < -0.4 is 4.74 Å². The Balaban J connectivity index is 1.34. The van der Waals surface area contributed by atoms with Crippen LogP contribution in [0.1, 0.15) is 11.1 Å². The molecule has 0 saturated carbocycles. The summed E-state index contributed by atoms with van der Waals surface area (Å²) < 4.78 is 7.92. The number of hydrogen-bond donors (Lipinski definition) is 0. The predicted molar refractivity (Wildman–Crippen MR) is 138 cm³/mol. The Labute approximate surface area is 210 Å². The molecule has 0 spiro atoms. The summed E-state index contributed by atoms with van der Waals surface area (Å²) in [5.74, 6) is 0.420. The number of carbonyl (C=O) groups is 2. The number of nitro benzene ring substituents is 1. The van der Waals surface area contributed by atoms with Gasteiger partial charge in [-0.25, -0.2) is 0 Å². The van der Waals surface area contributed by atoms with Gasteiger partial charge in [-0.15, -0.1) is 0 Å². The summed E-state index contributed by atoms with van der Waals surface area (Å²) in [6.45, 7) is 1.15. The molecule has 180 valence electrons. The predicted octanol–water partition coefficient (Wildman–Crippen LogP) is 5.87. The first kappa shape index (κ1) is 23.4. The van der Waals surface area contributed by atoms with Crippen molar-refractivity contribution < 1.29 is 19.2 Å². The third-order valence-electron chi connectivity index (χ3n) is 5.81. The number of nitro groups is 1. The molecule has 3 aromatic carbocycles. The number of rotatable bonds is 8. The van der Waals surface area contributed by atoms with Crippen LogP contribution in [-0.4, -0.2) is 32.1 Å². The molecular formula is C27H21N3O5S. The molecule has 0 radical (unpaired) electrons. The Hall–Kier alpha value is -4.37. The van der Waals surface area contributed by atoms with E-state index in [1.54, 1.807) is 18.2 Å². The van der Waals surface area contributed by atoms with E-state index >= 15 is 0 Å². The standard InChI is InChI=1S/C27H21N3O5S/c31-26-25(36-27(32)29(26)17-19-10-12-21(13-11-19)30(33)34)16-20-18-28(24-9-5-4-8-23(20)24)14-15-35-22-6-2-1-3-7-22/h1-13,16,18H,14-15,17H2/b25-16-. The number of para-hydroxylation sites is 2. The van der Waals surface area contributed by atoms with Crippen molar-refractivity contribution in [1.29, 1.82) is 0 Å². The number of fused-ring (bicyclic) bond motifs is 1. The van der Waals surface area contributed by atoms with Crippen molar-refractivity contribution in [3.8, 4) is 5.75 Å². The zero-order valence-corrected chi connectivity index (χ0v) is 19.9. The van der Waals surface area contributed by atoms with Crippen LogP contribution in [0.2, 0.25) is 0 Å². The third-order valence-corrected chi connectivity index (χ3v) is 6.72. The van der Waals surface area contributed by atoms with Gasteiger partial charge in [-0.2, -0.15) is 0 Å². The van der Waals surface area contributed by atoms with E-state index in [2.05, 4.69) is 4.57 Å². The van der Waals surface area contributed by atoms with Crippen LogP contribution in [-0.2, 0) is 17.9 Å². The van der Waals surface area contributed by atoms with Gasteiger partial charge in [-0.05, 0) is 41.6 Å². The van der Waals surface area contributed by atoms with E-state index in [0.717, 1.165) is 38.9 Å². The third kappa shape index (κ3) is 4.87. The van der Waals surface area contributed by atoms with Gasteiger partial charge < -0.3 is 9.30 Å². The summed E-state index contributed by atoms with van der Waals surface area (Å²) in [4.78, 5) is 37.5. The molecule has 9 heteroatoms. The molecule has 1 aromatic heterocycles. The van der Waals surface area contributed by atoms with Crippen LogP contribution in [0.3, 0.4) is 0 Å². The molecule has 0 atom stereocenters. The largest absolute Gasteiger partial charge is 0.492 e. The van der Waals surface area contributed by atoms with Gasteiger partial charge in [0, 0.05) is 34.8 Å². The summed E-state index contributed by atoms with van der Waals surface area (Å²) >= 11 is 0.893. The molecule has 1 saturated heterocycles. The van der Waals surface area contributed by atoms with Crippen LogP contribution in [0.25, 0.3) is 17.0 Å². The first-order valence-corrected chi connectivity index (χ1v) is 12.1. The molecule has 0 N–H and O–H groups in total. The zero-order valence-electron chi connectivity index (χ0n) is 19.1. The van der Waals surface area contributed by atoms with Gasteiger partial charge in [0.2, 0.25) is 0 Å². The molecule has 4 aromatic rings. The maximum Gasteiger partial charge on any atom is 0.293 e. The highest BCUT2D eigenvalue weighted by Crippen LogP contribution is 2.35. The molecule has 1 aliphatic heterocycles. The smallest absolute Gasteiger partial charge is 0.293 e. The van der Waals surface area contributed by atoms with E-state index in [9.17, 15) is 19.7 Å². The number of thioether (sulfide) groups is 1. The Morgan fingerprint density at radius 1 is 0.944 bits per heavy atom. The molecule has 0 aliphatic carbocycles. The quantitative estimate of drug-likeness (QED) is 0.171. The van der Waals surface area contributed by atoms with Crippen LogP contribution in [0, 0.1) is 10.1 Å². The normalized spacial score (nSPS) is 14.7. The lowest BCUT2D eigenvalue weighted by molar-refractivity contribution is -0.384. The molecule has 1 aliphatic rings. The average Bonchev–Trinajstić information content (AvgIpc) is 3.37. The minimum Gasteiger partial charge on any atom is -0.492 e. The second-order valence-corrected chi connectivity index (χ2v) is 9.14. The monoisotopic (exact) mass is 499 g/mol. The van der Waals surface area contributed by atoms with Crippen molar-refractivity contribution in [2.75, 3.05) is 6.61 Å². The minimum atomic E-state index is -0.489. The van der Waals surface area contributed by atoms with Crippen LogP contribution in [0.4, 0.5) is 10.5 Å². The summed E-state index contributed by atoms with van der Waals surface area (Å²) in [5.41, 5.74) is 2.44. The van der Waals surface area contributed by atoms with Crippen LogP contribution in [0.15, 0.2) is 90.0 Å². The highest BCUT2D eigenvalue weighted by Gasteiger charge is 2.35.